The summed E-state index contributed by atoms with van der Waals surface area (Å²) in [6.07, 6.45) is 6.51. The number of amides is 1. The summed E-state index contributed by atoms with van der Waals surface area (Å²) in [6.45, 7) is 2.75. The Morgan fingerprint density at radius 1 is 1.35 bits per heavy atom. The smallest absolute Gasteiger partial charge is 0.253 e. The van der Waals surface area contributed by atoms with Crippen molar-refractivity contribution in [3.8, 4) is 5.69 Å². The van der Waals surface area contributed by atoms with Crippen molar-refractivity contribution in [3.05, 3.63) is 42.5 Å². The number of carbonyl (C=O) groups is 1. The molecule has 2 aromatic rings. The summed E-state index contributed by atoms with van der Waals surface area (Å²) >= 11 is 0. The van der Waals surface area contributed by atoms with Gasteiger partial charge < -0.3 is 10.2 Å². The molecule has 0 atom stereocenters. The SMILES string of the molecule is CNCCC1CCN(C(=O)c2cccc(-n3cncn3)c2)CC1. The number of likely N-dealkylation sites (tertiary alicyclic amines) is 1. The van der Waals surface area contributed by atoms with Gasteiger partial charge in [0.05, 0.1) is 5.69 Å². The maximum atomic E-state index is 12.7. The summed E-state index contributed by atoms with van der Waals surface area (Å²) in [6, 6.07) is 7.57. The summed E-state index contributed by atoms with van der Waals surface area (Å²) < 4.78 is 1.67. The van der Waals surface area contributed by atoms with E-state index >= 15 is 0 Å². The van der Waals surface area contributed by atoms with Crippen molar-refractivity contribution in [3.63, 3.8) is 0 Å². The van der Waals surface area contributed by atoms with E-state index < -0.39 is 0 Å². The molecule has 6 heteroatoms. The van der Waals surface area contributed by atoms with Gasteiger partial charge in [0.1, 0.15) is 12.7 Å². The van der Waals surface area contributed by atoms with Gasteiger partial charge in [0.25, 0.3) is 5.91 Å². The maximum absolute atomic E-state index is 12.7. The Bertz CT molecular complexity index is 632. The molecule has 1 N–H and O–H groups in total. The second-order valence-corrected chi connectivity index (χ2v) is 6.02. The lowest BCUT2D eigenvalue weighted by Gasteiger charge is -2.32. The van der Waals surface area contributed by atoms with Gasteiger partial charge in [0.2, 0.25) is 0 Å². The third kappa shape index (κ3) is 3.76. The Kier molecular flexibility index (Phi) is 5.02. The molecule has 1 amide bonds. The van der Waals surface area contributed by atoms with Gasteiger partial charge in [-0.1, -0.05) is 6.07 Å². The summed E-state index contributed by atoms with van der Waals surface area (Å²) in [4.78, 5) is 18.6. The zero-order chi connectivity index (χ0) is 16.1. The van der Waals surface area contributed by atoms with Crippen molar-refractivity contribution in [1.82, 2.24) is 25.0 Å². The lowest BCUT2D eigenvalue weighted by molar-refractivity contribution is 0.0687. The van der Waals surface area contributed by atoms with E-state index in [9.17, 15) is 4.79 Å². The van der Waals surface area contributed by atoms with Gasteiger partial charge in [-0.3, -0.25) is 4.79 Å². The molecule has 3 rings (SSSR count). The van der Waals surface area contributed by atoms with Crippen LogP contribution < -0.4 is 5.32 Å². The van der Waals surface area contributed by atoms with Crippen molar-refractivity contribution in [1.29, 1.82) is 0 Å². The summed E-state index contributed by atoms with van der Waals surface area (Å²) in [5, 5.41) is 7.31. The molecule has 1 aromatic heterocycles. The molecular weight excluding hydrogens is 290 g/mol. The molecule has 23 heavy (non-hydrogen) atoms. The predicted molar refractivity (Wildman–Crippen MR) is 88.5 cm³/mol. The summed E-state index contributed by atoms with van der Waals surface area (Å²) in [5.74, 6) is 0.840. The third-order valence-electron chi connectivity index (χ3n) is 4.48. The molecule has 1 fully saturated rings. The minimum absolute atomic E-state index is 0.110. The number of carbonyl (C=O) groups excluding carboxylic acids is 1. The Labute approximate surface area is 136 Å². The van der Waals surface area contributed by atoms with Gasteiger partial charge in [0.15, 0.2) is 0 Å². The van der Waals surface area contributed by atoms with Crippen LogP contribution in [0.25, 0.3) is 5.69 Å². The van der Waals surface area contributed by atoms with Gasteiger partial charge in [-0.25, -0.2) is 9.67 Å². The van der Waals surface area contributed by atoms with Crippen LogP contribution in [0.2, 0.25) is 0 Å². The topological polar surface area (TPSA) is 63.1 Å². The zero-order valence-corrected chi connectivity index (χ0v) is 13.5. The van der Waals surface area contributed by atoms with Crippen LogP contribution in [0.5, 0.6) is 0 Å². The average molecular weight is 313 g/mol. The van der Waals surface area contributed by atoms with Gasteiger partial charge in [-0.2, -0.15) is 5.10 Å². The Hall–Kier alpha value is -2.21. The fourth-order valence-electron chi connectivity index (χ4n) is 3.08. The van der Waals surface area contributed by atoms with E-state index in [0.717, 1.165) is 44.1 Å². The first-order valence-electron chi connectivity index (χ1n) is 8.17. The molecule has 0 spiro atoms. The number of hydrogen-bond acceptors (Lipinski definition) is 4. The second kappa shape index (κ2) is 7.37. The van der Waals surface area contributed by atoms with Crippen molar-refractivity contribution in [2.75, 3.05) is 26.7 Å². The minimum atomic E-state index is 0.110. The van der Waals surface area contributed by atoms with Crippen molar-refractivity contribution in [2.45, 2.75) is 19.3 Å². The Balaban J connectivity index is 1.64. The van der Waals surface area contributed by atoms with E-state index in [1.807, 2.05) is 36.2 Å². The molecule has 0 aliphatic carbocycles. The second-order valence-electron chi connectivity index (χ2n) is 6.02. The molecule has 122 valence electrons. The van der Waals surface area contributed by atoms with Gasteiger partial charge in [0, 0.05) is 18.7 Å². The van der Waals surface area contributed by atoms with Crippen LogP contribution in [0.3, 0.4) is 0 Å². The number of benzene rings is 1. The van der Waals surface area contributed by atoms with Crippen molar-refractivity contribution < 1.29 is 4.79 Å². The molecule has 1 aliphatic rings. The fraction of sp³-hybridized carbons (Fsp3) is 0.471. The number of nitrogens with zero attached hydrogens (tertiary/aromatic N) is 4. The molecule has 0 unspecified atom stereocenters. The highest BCUT2D eigenvalue weighted by molar-refractivity contribution is 5.94. The maximum Gasteiger partial charge on any atom is 0.253 e. The van der Waals surface area contributed by atoms with Crippen LogP contribution in [-0.4, -0.2) is 52.3 Å². The van der Waals surface area contributed by atoms with E-state index in [4.69, 9.17) is 0 Å². The van der Waals surface area contributed by atoms with E-state index in [0.29, 0.717) is 5.56 Å². The molecule has 2 heterocycles. The Morgan fingerprint density at radius 2 is 2.17 bits per heavy atom. The molecule has 0 radical (unpaired) electrons. The quantitative estimate of drug-likeness (QED) is 0.913. The minimum Gasteiger partial charge on any atom is -0.339 e. The predicted octanol–water partition coefficient (Wildman–Crippen LogP) is 1.73. The first-order valence-corrected chi connectivity index (χ1v) is 8.17. The van der Waals surface area contributed by atoms with Crippen LogP contribution in [-0.2, 0) is 0 Å². The largest absolute Gasteiger partial charge is 0.339 e. The van der Waals surface area contributed by atoms with Crippen molar-refractivity contribution in [2.24, 2.45) is 5.92 Å². The van der Waals surface area contributed by atoms with E-state index in [-0.39, 0.29) is 5.91 Å². The first-order chi connectivity index (χ1) is 11.3. The fourth-order valence-corrected chi connectivity index (χ4v) is 3.08. The van der Waals surface area contributed by atoms with Gasteiger partial charge in [-0.05, 0) is 57.0 Å². The summed E-state index contributed by atoms with van der Waals surface area (Å²) in [5.41, 5.74) is 1.57. The number of hydrogen-bond donors (Lipinski definition) is 1. The van der Waals surface area contributed by atoms with Crippen LogP contribution >= 0.6 is 0 Å². The highest BCUT2D eigenvalue weighted by Crippen LogP contribution is 2.22. The Morgan fingerprint density at radius 3 is 2.87 bits per heavy atom. The standard InChI is InChI=1S/C17H23N5O/c1-18-8-5-14-6-9-21(10-7-14)17(23)15-3-2-4-16(11-15)22-13-19-12-20-22/h2-4,11-14,18H,5-10H2,1H3. The van der Waals surface area contributed by atoms with Gasteiger partial charge >= 0.3 is 0 Å². The highest BCUT2D eigenvalue weighted by Gasteiger charge is 2.23. The lowest BCUT2D eigenvalue weighted by Crippen LogP contribution is -2.39. The van der Waals surface area contributed by atoms with E-state index in [2.05, 4.69) is 15.4 Å². The van der Waals surface area contributed by atoms with Gasteiger partial charge in [-0.15, -0.1) is 0 Å². The van der Waals surface area contributed by atoms with Crippen LogP contribution in [0.4, 0.5) is 0 Å². The normalized spacial score (nSPS) is 15.8. The average Bonchev–Trinajstić information content (AvgIpc) is 3.14. The number of nitrogens with one attached hydrogen (secondary N) is 1. The third-order valence-corrected chi connectivity index (χ3v) is 4.48. The molecule has 6 nitrogen and oxygen atoms in total. The van der Waals surface area contributed by atoms with E-state index in [1.165, 1.54) is 12.7 Å². The number of piperidine rings is 1. The van der Waals surface area contributed by atoms with Crippen molar-refractivity contribution >= 4 is 5.91 Å². The van der Waals surface area contributed by atoms with Crippen LogP contribution in [0.15, 0.2) is 36.9 Å². The number of aromatic nitrogens is 3. The molecule has 1 aliphatic heterocycles. The zero-order valence-electron chi connectivity index (χ0n) is 13.5. The monoisotopic (exact) mass is 313 g/mol. The highest BCUT2D eigenvalue weighted by atomic mass is 16.2. The van der Waals surface area contributed by atoms with Crippen LogP contribution in [0, 0.1) is 5.92 Å². The molecular formula is C17H23N5O. The molecule has 1 aromatic carbocycles. The lowest BCUT2D eigenvalue weighted by atomic mass is 9.93. The summed E-state index contributed by atoms with van der Waals surface area (Å²) in [7, 11) is 1.99. The van der Waals surface area contributed by atoms with Crippen LogP contribution in [0.1, 0.15) is 29.6 Å². The van der Waals surface area contributed by atoms with E-state index in [1.54, 1.807) is 11.0 Å². The first kappa shape index (κ1) is 15.7. The number of rotatable bonds is 5. The molecule has 1 saturated heterocycles. The molecule has 0 saturated carbocycles. The molecule has 0 bridgehead atoms.